The lowest BCUT2D eigenvalue weighted by atomic mass is 9.97. The van der Waals surface area contributed by atoms with E-state index in [9.17, 15) is 0 Å². The molecule has 1 aliphatic rings. The third-order valence-corrected chi connectivity index (χ3v) is 3.02. The SMILES string of the molecule is COc1cccc(C2CCCCN2N)c1. The van der Waals surface area contributed by atoms with Gasteiger partial charge in [0.05, 0.1) is 7.11 Å². The van der Waals surface area contributed by atoms with Crippen LogP contribution in [0.25, 0.3) is 0 Å². The molecule has 1 fully saturated rings. The van der Waals surface area contributed by atoms with Gasteiger partial charge >= 0.3 is 0 Å². The minimum atomic E-state index is 0.355. The lowest BCUT2D eigenvalue weighted by Gasteiger charge is -2.32. The van der Waals surface area contributed by atoms with Crippen LogP contribution in [0.2, 0.25) is 0 Å². The highest BCUT2D eigenvalue weighted by molar-refractivity contribution is 5.30. The molecule has 0 aliphatic carbocycles. The van der Waals surface area contributed by atoms with Gasteiger partial charge in [-0.3, -0.25) is 5.84 Å². The molecule has 1 atom stereocenters. The van der Waals surface area contributed by atoms with Crippen LogP contribution in [0.1, 0.15) is 30.9 Å². The van der Waals surface area contributed by atoms with Gasteiger partial charge in [-0.1, -0.05) is 18.6 Å². The zero-order chi connectivity index (χ0) is 10.7. The Hall–Kier alpha value is -1.06. The smallest absolute Gasteiger partial charge is 0.119 e. The summed E-state index contributed by atoms with van der Waals surface area (Å²) in [4.78, 5) is 0. The van der Waals surface area contributed by atoms with Crippen LogP contribution < -0.4 is 10.6 Å². The van der Waals surface area contributed by atoms with Crippen LogP contribution in [-0.2, 0) is 0 Å². The summed E-state index contributed by atoms with van der Waals surface area (Å²) in [7, 11) is 1.69. The van der Waals surface area contributed by atoms with Gasteiger partial charge in [0.1, 0.15) is 5.75 Å². The van der Waals surface area contributed by atoms with Crippen molar-refractivity contribution in [2.45, 2.75) is 25.3 Å². The molecule has 1 aromatic rings. The summed E-state index contributed by atoms with van der Waals surface area (Å²) in [5.41, 5.74) is 1.26. The number of benzene rings is 1. The number of nitrogens with zero attached hydrogens (tertiary/aromatic N) is 1. The van der Waals surface area contributed by atoms with Gasteiger partial charge in [-0.2, -0.15) is 0 Å². The van der Waals surface area contributed by atoms with Crippen molar-refractivity contribution in [1.29, 1.82) is 0 Å². The third kappa shape index (κ3) is 2.30. The average Bonchev–Trinajstić information content (AvgIpc) is 2.30. The van der Waals surface area contributed by atoms with E-state index in [0.29, 0.717) is 6.04 Å². The molecule has 3 heteroatoms. The van der Waals surface area contributed by atoms with E-state index in [4.69, 9.17) is 10.6 Å². The fourth-order valence-corrected chi connectivity index (χ4v) is 2.16. The lowest BCUT2D eigenvalue weighted by molar-refractivity contribution is 0.151. The first-order valence-corrected chi connectivity index (χ1v) is 5.46. The number of rotatable bonds is 2. The van der Waals surface area contributed by atoms with Crippen molar-refractivity contribution in [3.63, 3.8) is 0 Å². The second-order valence-corrected chi connectivity index (χ2v) is 4.03. The molecule has 1 unspecified atom stereocenters. The van der Waals surface area contributed by atoms with Crippen LogP contribution in [-0.4, -0.2) is 18.7 Å². The Morgan fingerprint density at radius 2 is 2.27 bits per heavy atom. The molecule has 15 heavy (non-hydrogen) atoms. The van der Waals surface area contributed by atoms with E-state index in [-0.39, 0.29) is 0 Å². The van der Waals surface area contributed by atoms with Crippen molar-refractivity contribution in [3.05, 3.63) is 29.8 Å². The van der Waals surface area contributed by atoms with E-state index in [1.807, 2.05) is 17.1 Å². The van der Waals surface area contributed by atoms with E-state index in [0.717, 1.165) is 18.7 Å². The van der Waals surface area contributed by atoms with E-state index in [2.05, 4.69) is 12.1 Å². The van der Waals surface area contributed by atoms with Crippen molar-refractivity contribution in [3.8, 4) is 5.75 Å². The molecule has 1 saturated heterocycles. The highest BCUT2D eigenvalue weighted by Gasteiger charge is 2.21. The summed E-state index contributed by atoms with van der Waals surface area (Å²) < 4.78 is 5.22. The molecule has 1 aliphatic heterocycles. The molecular weight excluding hydrogens is 188 g/mol. The van der Waals surface area contributed by atoms with Gasteiger partial charge in [0.2, 0.25) is 0 Å². The van der Waals surface area contributed by atoms with Gasteiger partial charge < -0.3 is 4.74 Å². The maximum Gasteiger partial charge on any atom is 0.119 e. The van der Waals surface area contributed by atoms with Crippen molar-refractivity contribution in [2.24, 2.45) is 5.84 Å². The zero-order valence-corrected chi connectivity index (χ0v) is 9.15. The Morgan fingerprint density at radius 3 is 3.00 bits per heavy atom. The predicted molar refractivity (Wildman–Crippen MR) is 60.5 cm³/mol. The van der Waals surface area contributed by atoms with Crippen LogP contribution in [0, 0.1) is 0 Å². The number of piperidine rings is 1. The fraction of sp³-hybridized carbons (Fsp3) is 0.500. The summed E-state index contributed by atoms with van der Waals surface area (Å²) >= 11 is 0. The second kappa shape index (κ2) is 4.64. The molecule has 1 heterocycles. The van der Waals surface area contributed by atoms with Crippen LogP contribution in [0.4, 0.5) is 0 Å². The summed E-state index contributed by atoms with van der Waals surface area (Å²) in [6.07, 6.45) is 3.61. The first kappa shape index (κ1) is 10.5. The molecule has 82 valence electrons. The zero-order valence-electron chi connectivity index (χ0n) is 9.15. The minimum Gasteiger partial charge on any atom is -0.497 e. The first-order valence-electron chi connectivity index (χ1n) is 5.46. The number of hydrogen-bond donors (Lipinski definition) is 1. The Labute approximate surface area is 90.8 Å². The average molecular weight is 206 g/mol. The van der Waals surface area contributed by atoms with Crippen LogP contribution in [0.15, 0.2) is 24.3 Å². The quantitative estimate of drug-likeness (QED) is 0.753. The Bertz CT molecular complexity index is 327. The molecule has 0 saturated carbocycles. The van der Waals surface area contributed by atoms with E-state index in [1.165, 1.54) is 18.4 Å². The highest BCUT2D eigenvalue weighted by Crippen LogP contribution is 2.29. The Kier molecular flexibility index (Phi) is 3.23. The molecule has 0 aromatic heterocycles. The lowest BCUT2D eigenvalue weighted by Crippen LogP contribution is -2.38. The number of ether oxygens (including phenoxy) is 1. The van der Waals surface area contributed by atoms with Gasteiger partial charge in [-0.25, -0.2) is 5.01 Å². The van der Waals surface area contributed by atoms with E-state index in [1.54, 1.807) is 7.11 Å². The van der Waals surface area contributed by atoms with Gasteiger partial charge in [-0.15, -0.1) is 0 Å². The van der Waals surface area contributed by atoms with Crippen molar-refractivity contribution < 1.29 is 4.74 Å². The second-order valence-electron chi connectivity index (χ2n) is 4.03. The summed E-state index contributed by atoms with van der Waals surface area (Å²) in [6, 6.07) is 8.55. The number of hydrazine groups is 1. The van der Waals surface area contributed by atoms with Crippen LogP contribution in [0.3, 0.4) is 0 Å². The molecule has 0 bridgehead atoms. The predicted octanol–water partition coefficient (Wildman–Crippen LogP) is 2.10. The summed E-state index contributed by atoms with van der Waals surface area (Å²) in [5.74, 6) is 6.90. The molecule has 0 spiro atoms. The van der Waals surface area contributed by atoms with E-state index >= 15 is 0 Å². The molecular formula is C12H18N2O. The van der Waals surface area contributed by atoms with Gasteiger partial charge in [-0.05, 0) is 30.5 Å². The number of methoxy groups -OCH3 is 1. The van der Waals surface area contributed by atoms with Gasteiger partial charge in [0, 0.05) is 12.6 Å². The maximum absolute atomic E-state index is 6.00. The topological polar surface area (TPSA) is 38.5 Å². The van der Waals surface area contributed by atoms with Crippen LogP contribution in [0.5, 0.6) is 5.75 Å². The number of hydrogen-bond acceptors (Lipinski definition) is 3. The first-order chi connectivity index (χ1) is 7.31. The van der Waals surface area contributed by atoms with Crippen LogP contribution >= 0.6 is 0 Å². The maximum atomic E-state index is 6.00. The normalized spacial score (nSPS) is 22.7. The minimum absolute atomic E-state index is 0.355. The summed E-state index contributed by atoms with van der Waals surface area (Å²) in [6.45, 7) is 0.988. The van der Waals surface area contributed by atoms with Crippen molar-refractivity contribution in [1.82, 2.24) is 5.01 Å². The fourth-order valence-electron chi connectivity index (χ4n) is 2.16. The van der Waals surface area contributed by atoms with Gasteiger partial charge in [0.15, 0.2) is 0 Å². The monoisotopic (exact) mass is 206 g/mol. The molecule has 1 aromatic carbocycles. The molecule has 0 amide bonds. The molecule has 0 radical (unpaired) electrons. The number of nitrogens with two attached hydrogens (primary N) is 1. The van der Waals surface area contributed by atoms with Crippen molar-refractivity contribution in [2.75, 3.05) is 13.7 Å². The highest BCUT2D eigenvalue weighted by atomic mass is 16.5. The third-order valence-electron chi connectivity index (χ3n) is 3.02. The van der Waals surface area contributed by atoms with E-state index < -0.39 is 0 Å². The Morgan fingerprint density at radius 1 is 1.40 bits per heavy atom. The largest absolute Gasteiger partial charge is 0.497 e. The standard InChI is InChI=1S/C12H18N2O/c1-15-11-6-4-5-10(9-11)12-7-2-3-8-14(12)13/h4-6,9,12H,2-3,7-8,13H2,1H3. The molecule has 2 rings (SSSR count). The van der Waals surface area contributed by atoms with Crippen molar-refractivity contribution >= 4 is 0 Å². The Balaban J connectivity index is 2.19. The summed E-state index contributed by atoms with van der Waals surface area (Å²) in [5, 5.41) is 1.94. The van der Waals surface area contributed by atoms with Gasteiger partial charge in [0.25, 0.3) is 0 Å². The molecule has 2 N–H and O–H groups in total. The molecule has 3 nitrogen and oxygen atoms in total.